The SMILES string of the molecule is O=C(CN=C=S)N1CCCCC1. The maximum atomic E-state index is 11.3. The molecule has 4 heteroatoms. The first-order valence-corrected chi connectivity index (χ1v) is 4.57. The lowest BCUT2D eigenvalue weighted by molar-refractivity contribution is -0.130. The van der Waals surface area contributed by atoms with E-state index in [2.05, 4.69) is 22.4 Å². The molecule has 0 aromatic rings. The van der Waals surface area contributed by atoms with Gasteiger partial charge in [-0.25, -0.2) is 4.99 Å². The number of carbonyl (C=O) groups is 1. The number of likely N-dealkylation sites (tertiary alicyclic amines) is 1. The van der Waals surface area contributed by atoms with E-state index in [1.165, 1.54) is 6.42 Å². The molecule has 1 aliphatic rings. The average Bonchev–Trinajstić information content (AvgIpc) is 2.15. The zero-order valence-electron chi connectivity index (χ0n) is 6.95. The normalized spacial score (nSPS) is 16.8. The van der Waals surface area contributed by atoms with E-state index in [1.54, 1.807) is 0 Å². The molecule has 0 spiro atoms. The van der Waals surface area contributed by atoms with Gasteiger partial charge < -0.3 is 4.90 Å². The van der Waals surface area contributed by atoms with Gasteiger partial charge in [0.15, 0.2) is 0 Å². The summed E-state index contributed by atoms with van der Waals surface area (Å²) >= 11 is 4.38. The van der Waals surface area contributed by atoms with E-state index in [0.717, 1.165) is 25.9 Å². The van der Waals surface area contributed by atoms with Crippen molar-refractivity contribution in [1.29, 1.82) is 0 Å². The summed E-state index contributed by atoms with van der Waals surface area (Å²) in [6.45, 7) is 1.93. The molecule has 0 saturated carbocycles. The highest BCUT2D eigenvalue weighted by Gasteiger charge is 2.14. The number of hydrogen-bond acceptors (Lipinski definition) is 3. The van der Waals surface area contributed by atoms with Crippen LogP contribution in [0.25, 0.3) is 0 Å². The zero-order chi connectivity index (χ0) is 8.81. The number of piperidine rings is 1. The topological polar surface area (TPSA) is 32.7 Å². The van der Waals surface area contributed by atoms with Gasteiger partial charge in [-0.1, -0.05) is 0 Å². The Morgan fingerprint density at radius 3 is 2.67 bits per heavy atom. The summed E-state index contributed by atoms with van der Waals surface area (Å²) in [5.41, 5.74) is 0. The van der Waals surface area contributed by atoms with Gasteiger partial charge in [0.2, 0.25) is 5.91 Å². The summed E-state index contributed by atoms with van der Waals surface area (Å²) in [7, 11) is 0. The number of amides is 1. The van der Waals surface area contributed by atoms with Gasteiger partial charge >= 0.3 is 0 Å². The fourth-order valence-electron chi connectivity index (χ4n) is 1.34. The Morgan fingerprint density at radius 1 is 1.42 bits per heavy atom. The third kappa shape index (κ3) is 2.72. The summed E-state index contributed by atoms with van der Waals surface area (Å²) in [6, 6.07) is 0. The van der Waals surface area contributed by atoms with E-state index in [-0.39, 0.29) is 12.5 Å². The zero-order valence-corrected chi connectivity index (χ0v) is 7.77. The molecular formula is C8H12N2OS. The fraction of sp³-hybridized carbons (Fsp3) is 0.750. The van der Waals surface area contributed by atoms with Crippen LogP contribution < -0.4 is 0 Å². The first-order valence-electron chi connectivity index (χ1n) is 4.16. The number of thiocarbonyl (C=S) groups is 1. The Balaban J connectivity index is 2.34. The van der Waals surface area contributed by atoms with Crippen molar-refractivity contribution >= 4 is 23.3 Å². The van der Waals surface area contributed by atoms with Crippen molar-refractivity contribution in [3.05, 3.63) is 0 Å². The second-order valence-corrected chi connectivity index (χ2v) is 3.03. The third-order valence-corrected chi connectivity index (χ3v) is 2.12. The van der Waals surface area contributed by atoms with E-state index in [4.69, 9.17) is 0 Å². The molecule has 66 valence electrons. The highest BCUT2D eigenvalue weighted by Crippen LogP contribution is 2.08. The second kappa shape index (κ2) is 5.01. The largest absolute Gasteiger partial charge is 0.341 e. The summed E-state index contributed by atoms with van der Waals surface area (Å²) in [5, 5.41) is 2.20. The Labute approximate surface area is 77.5 Å². The first-order chi connectivity index (χ1) is 5.84. The summed E-state index contributed by atoms with van der Waals surface area (Å²) in [5.74, 6) is 0.0760. The van der Waals surface area contributed by atoms with Crippen molar-refractivity contribution in [1.82, 2.24) is 4.90 Å². The van der Waals surface area contributed by atoms with E-state index >= 15 is 0 Å². The summed E-state index contributed by atoms with van der Waals surface area (Å²) < 4.78 is 0. The standard InChI is InChI=1S/C8H12N2OS/c11-8(6-9-7-12)10-4-2-1-3-5-10/h1-6H2. The van der Waals surface area contributed by atoms with Gasteiger partial charge in [-0.2, -0.15) is 0 Å². The molecule has 0 aromatic heterocycles. The molecule has 1 saturated heterocycles. The van der Waals surface area contributed by atoms with Crippen molar-refractivity contribution < 1.29 is 4.79 Å². The van der Waals surface area contributed by atoms with Crippen LogP contribution in [-0.4, -0.2) is 35.6 Å². The van der Waals surface area contributed by atoms with Crippen molar-refractivity contribution in [2.24, 2.45) is 4.99 Å². The van der Waals surface area contributed by atoms with Crippen molar-refractivity contribution in [2.45, 2.75) is 19.3 Å². The van der Waals surface area contributed by atoms with E-state index in [1.807, 2.05) is 4.90 Å². The minimum Gasteiger partial charge on any atom is -0.341 e. The Bertz CT molecular complexity index is 205. The second-order valence-electron chi connectivity index (χ2n) is 2.85. The monoisotopic (exact) mass is 184 g/mol. The molecule has 0 aromatic carbocycles. The maximum absolute atomic E-state index is 11.3. The van der Waals surface area contributed by atoms with Crippen LogP contribution in [-0.2, 0) is 4.79 Å². The van der Waals surface area contributed by atoms with Gasteiger partial charge in [0.05, 0.1) is 5.16 Å². The fourth-order valence-corrected chi connectivity index (χ4v) is 1.41. The van der Waals surface area contributed by atoms with E-state index < -0.39 is 0 Å². The van der Waals surface area contributed by atoms with Gasteiger partial charge in [-0.05, 0) is 31.5 Å². The van der Waals surface area contributed by atoms with Gasteiger partial charge in [-0.15, -0.1) is 0 Å². The predicted molar refractivity (Wildman–Crippen MR) is 50.3 cm³/mol. The van der Waals surface area contributed by atoms with Crippen LogP contribution in [0.5, 0.6) is 0 Å². The molecule has 1 fully saturated rings. The summed E-state index contributed by atoms with van der Waals surface area (Å²) in [4.78, 5) is 16.8. The number of aliphatic imine (C=N–C) groups is 1. The van der Waals surface area contributed by atoms with Gasteiger partial charge in [0.25, 0.3) is 0 Å². The highest BCUT2D eigenvalue weighted by molar-refractivity contribution is 7.78. The number of rotatable bonds is 2. The molecule has 0 bridgehead atoms. The van der Waals surface area contributed by atoms with Gasteiger partial charge in [0, 0.05) is 13.1 Å². The van der Waals surface area contributed by atoms with Gasteiger partial charge in [0.1, 0.15) is 6.54 Å². The lowest BCUT2D eigenvalue weighted by Gasteiger charge is -2.25. The van der Waals surface area contributed by atoms with Crippen LogP contribution in [0.4, 0.5) is 0 Å². The molecule has 0 aliphatic carbocycles. The van der Waals surface area contributed by atoms with Crippen LogP contribution in [0.2, 0.25) is 0 Å². The molecule has 0 unspecified atom stereocenters. The minimum absolute atomic E-state index is 0.0760. The summed E-state index contributed by atoms with van der Waals surface area (Å²) in [6.07, 6.45) is 3.47. The van der Waals surface area contributed by atoms with Gasteiger partial charge in [-0.3, -0.25) is 4.79 Å². The van der Waals surface area contributed by atoms with Crippen molar-refractivity contribution in [3.63, 3.8) is 0 Å². The molecule has 0 N–H and O–H groups in total. The first kappa shape index (κ1) is 9.36. The Hall–Kier alpha value is -0.730. The quantitative estimate of drug-likeness (QED) is 0.475. The molecule has 1 rings (SSSR count). The Kier molecular flexibility index (Phi) is 3.91. The number of nitrogens with zero attached hydrogens (tertiary/aromatic N) is 2. The molecule has 3 nitrogen and oxygen atoms in total. The molecule has 12 heavy (non-hydrogen) atoms. The third-order valence-electron chi connectivity index (χ3n) is 1.99. The molecule has 1 amide bonds. The molecule has 0 atom stereocenters. The van der Waals surface area contributed by atoms with Crippen LogP contribution >= 0.6 is 12.2 Å². The highest BCUT2D eigenvalue weighted by atomic mass is 32.1. The maximum Gasteiger partial charge on any atom is 0.245 e. The number of hydrogen-bond donors (Lipinski definition) is 0. The van der Waals surface area contributed by atoms with Crippen LogP contribution in [0, 0.1) is 0 Å². The molecule has 1 aliphatic heterocycles. The van der Waals surface area contributed by atoms with Crippen LogP contribution in [0.15, 0.2) is 4.99 Å². The number of isothiocyanates is 1. The van der Waals surface area contributed by atoms with Crippen molar-refractivity contribution in [2.75, 3.05) is 19.6 Å². The lowest BCUT2D eigenvalue weighted by Crippen LogP contribution is -2.36. The van der Waals surface area contributed by atoms with Crippen molar-refractivity contribution in [3.8, 4) is 0 Å². The predicted octanol–water partition coefficient (Wildman–Crippen LogP) is 1.10. The van der Waals surface area contributed by atoms with Crippen LogP contribution in [0.1, 0.15) is 19.3 Å². The molecule has 0 radical (unpaired) electrons. The molecule has 1 heterocycles. The Morgan fingerprint density at radius 2 is 2.08 bits per heavy atom. The van der Waals surface area contributed by atoms with Crippen LogP contribution in [0.3, 0.4) is 0 Å². The lowest BCUT2D eigenvalue weighted by atomic mass is 10.1. The van der Waals surface area contributed by atoms with E-state index in [9.17, 15) is 4.79 Å². The minimum atomic E-state index is 0.0760. The average molecular weight is 184 g/mol. The molecular weight excluding hydrogens is 172 g/mol. The number of carbonyl (C=O) groups excluding carboxylic acids is 1. The van der Waals surface area contributed by atoms with E-state index in [0.29, 0.717) is 0 Å². The smallest absolute Gasteiger partial charge is 0.245 e.